The van der Waals surface area contributed by atoms with Crippen LogP contribution in [0.15, 0.2) is 0 Å². The molecule has 0 aliphatic rings. The molecule has 0 spiro atoms. The molecule has 0 aromatic carbocycles. The van der Waals surface area contributed by atoms with Gasteiger partial charge in [0.25, 0.3) is 0 Å². The molecule has 3 heteroatoms. The highest BCUT2D eigenvalue weighted by molar-refractivity contribution is 9.09. The van der Waals surface area contributed by atoms with E-state index in [0.29, 0.717) is 12.6 Å². The van der Waals surface area contributed by atoms with Crippen LogP contribution in [0.1, 0.15) is 13.3 Å². The zero-order valence-corrected chi connectivity index (χ0v) is 7.25. The van der Waals surface area contributed by atoms with Crippen LogP contribution >= 0.6 is 15.9 Å². The molecule has 1 atom stereocenters. The van der Waals surface area contributed by atoms with Gasteiger partial charge in [0.05, 0.1) is 0 Å². The van der Waals surface area contributed by atoms with Gasteiger partial charge < -0.3 is 5.32 Å². The lowest BCUT2D eigenvalue weighted by atomic mass is 10.3. The van der Waals surface area contributed by atoms with Crippen molar-refractivity contribution >= 4 is 15.9 Å². The van der Waals surface area contributed by atoms with E-state index in [2.05, 4.69) is 28.2 Å². The van der Waals surface area contributed by atoms with Gasteiger partial charge in [-0.2, -0.15) is 0 Å². The van der Waals surface area contributed by atoms with Gasteiger partial charge in [-0.15, -0.1) is 0 Å². The Balaban J connectivity index is 2.95. The van der Waals surface area contributed by atoms with Crippen LogP contribution < -0.4 is 5.32 Å². The first-order valence-corrected chi connectivity index (χ1v) is 4.28. The van der Waals surface area contributed by atoms with Crippen molar-refractivity contribution in [3.8, 4) is 0 Å². The van der Waals surface area contributed by atoms with Gasteiger partial charge in [0.15, 0.2) is 0 Å². The summed E-state index contributed by atoms with van der Waals surface area (Å²) in [5.74, 6) is 0. The van der Waals surface area contributed by atoms with Crippen LogP contribution in [0.25, 0.3) is 0 Å². The molecule has 0 radical (unpaired) electrons. The minimum Gasteiger partial charge on any atom is -0.312 e. The Morgan fingerprint density at radius 1 is 1.67 bits per heavy atom. The van der Waals surface area contributed by atoms with Crippen molar-refractivity contribution in [2.75, 3.05) is 18.5 Å². The maximum absolute atomic E-state index is 11.5. The zero-order valence-electron chi connectivity index (χ0n) is 5.66. The van der Waals surface area contributed by atoms with Crippen LogP contribution in [-0.4, -0.2) is 24.6 Å². The fourth-order valence-corrected chi connectivity index (χ4v) is 1.25. The number of hydrogen-bond acceptors (Lipinski definition) is 1. The van der Waals surface area contributed by atoms with Gasteiger partial charge in [0, 0.05) is 17.9 Å². The lowest BCUT2D eigenvalue weighted by Crippen LogP contribution is -2.28. The number of rotatable bonds is 5. The highest BCUT2D eigenvalue weighted by Gasteiger charge is 1.96. The molecular weight excluding hydrogens is 185 g/mol. The third-order valence-corrected chi connectivity index (χ3v) is 1.59. The van der Waals surface area contributed by atoms with Crippen LogP contribution in [0.4, 0.5) is 4.39 Å². The average molecular weight is 198 g/mol. The molecule has 0 aliphatic heterocycles. The van der Waals surface area contributed by atoms with Crippen LogP contribution in [0.3, 0.4) is 0 Å². The van der Waals surface area contributed by atoms with E-state index in [-0.39, 0.29) is 6.67 Å². The van der Waals surface area contributed by atoms with Gasteiger partial charge in [-0.1, -0.05) is 15.9 Å². The number of nitrogens with one attached hydrogen (secondary N) is 1. The van der Waals surface area contributed by atoms with Crippen LogP contribution in [0.2, 0.25) is 0 Å². The molecule has 0 saturated carbocycles. The molecule has 0 heterocycles. The molecular formula is C6H13BrFN. The third kappa shape index (κ3) is 6.25. The van der Waals surface area contributed by atoms with Crippen molar-refractivity contribution < 1.29 is 4.39 Å². The second-order valence-corrected chi connectivity index (χ2v) is 2.81. The summed E-state index contributed by atoms with van der Waals surface area (Å²) in [5, 5.41) is 4.01. The maximum atomic E-state index is 11.5. The molecule has 1 nitrogen and oxygen atoms in total. The Kier molecular flexibility index (Phi) is 6.76. The molecule has 9 heavy (non-hydrogen) atoms. The molecule has 0 saturated heterocycles. The molecule has 0 bridgehead atoms. The summed E-state index contributed by atoms with van der Waals surface area (Å²) in [6.07, 6.45) is 1.06. The fraction of sp³-hybridized carbons (Fsp3) is 1.00. The molecule has 0 aromatic heterocycles. The lowest BCUT2D eigenvalue weighted by Gasteiger charge is -2.09. The van der Waals surface area contributed by atoms with Gasteiger partial charge in [0.2, 0.25) is 0 Å². The largest absolute Gasteiger partial charge is 0.312 e. The summed E-state index contributed by atoms with van der Waals surface area (Å²) in [6.45, 7) is 2.26. The molecule has 56 valence electrons. The van der Waals surface area contributed by atoms with E-state index in [0.717, 1.165) is 11.8 Å². The molecule has 0 aromatic rings. The Morgan fingerprint density at radius 2 is 2.33 bits per heavy atom. The van der Waals surface area contributed by atoms with Crippen LogP contribution in [0.5, 0.6) is 0 Å². The highest BCUT2D eigenvalue weighted by Crippen LogP contribution is 1.93. The van der Waals surface area contributed by atoms with E-state index in [1.807, 2.05) is 0 Å². The summed E-state index contributed by atoms with van der Waals surface area (Å²) in [7, 11) is 0. The summed E-state index contributed by atoms with van der Waals surface area (Å²) in [4.78, 5) is 0. The molecule has 0 aliphatic carbocycles. The van der Waals surface area contributed by atoms with Crippen molar-refractivity contribution in [1.29, 1.82) is 0 Å². The summed E-state index contributed by atoms with van der Waals surface area (Å²) >= 11 is 3.31. The Hall–Kier alpha value is 0.370. The summed E-state index contributed by atoms with van der Waals surface area (Å²) in [6, 6.07) is 0.431. The van der Waals surface area contributed by atoms with Crippen molar-refractivity contribution in [1.82, 2.24) is 5.32 Å². The van der Waals surface area contributed by atoms with Gasteiger partial charge >= 0.3 is 0 Å². The average Bonchev–Trinajstić information content (AvgIpc) is 1.85. The first-order valence-electron chi connectivity index (χ1n) is 3.16. The van der Waals surface area contributed by atoms with Gasteiger partial charge in [-0.3, -0.25) is 0 Å². The standard InChI is InChI=1S/C6H13BrFN/c1-6(2-3-7)9-5-4-8/h6,9H,2-5H2,1H3. The van der Waals surface area contributed by atoms with Crippen LogP contribution in [0, 0.1) is 0 Å². The van der Waals surface area contributed by atoms with Crippen molar-refractivity contribution in [2.45, 2.75) is 19.4 Å². The van der Waals surface area contributed by atoms with E-state index in [1.165, 1.54) is 0 Å². The van der Waals surface area contributed by atoms with E-state index < -0.39 is 0 Å². The minimum atomic E-state index is -0.271. The smallest absolute Gasteiger partial charge is 0.102 e. The van der Waals surface area contributed by atoms with E-state index in [9.17, 15) is 4.39 Å². The van der Waals surface area contributed by atoms with Crippen molar-refractivity contribution in [2.24, 2.45) is 0 Å². The summed E-state index contributed by atoms with van der Waals surface area (Å²) in [5.41, 5.74) is 0. The molecule has 0 rings (SSSR count). The molecule has 0 amide bonds. The van der Waals surface area contributed by atoms with Crippen molar-refractivity contribution in [3.63, 3.8) is 0 Å². The first kappa shape index (κ1) is 9.37. The number of halogens is 2. The lowest BCUT2D eigenvalue weighted by molar-refractivity contribution is 0.436. The first-order chi connectivity index (χ1) is 4.31. The monoisotopic (exact) mass is 197 g/mol. The van der Waals surface area contributed by atoms with Gasteiger partial charge in [0.1, 0.15) is 6.67 Å². The Bertz CT molecular complexity index is 61.0. The Morgan fingerprint density at radius 3 is 2.78 bits per heavy atom. The fourth-order valence-electron chi connectivity index (χ4n) is 0.567. The SMILES string of the molecule is CC(CCBr)NCCF. The summed E-state index contributed by atoms with van der Waals surface area (Å²) < 4.78 is 11.5. The number of hydrogen-bond donors (Lipinski definition) is 1. The van der Waals surface area contributed by atoms with Gasteiger partial charge in [-0.25, -0.2) is 4.39 Å². The highest BCUT2D eigenvalue weighted by atomic mass is 79.9. The quantitative estimate of drug-likeness (QED) is 0.663. The second kappa shape index (κ2) is 6.49. The predicted octanol–water partition coefficient (Wildman–Crippen LogP) is 1.72. The van der Waals surface area contributed by atoms with E-state index >= 15 is 0 Å². The molecule has 1 N–H and O–H groups in total. The van der Waals surface area contributed by atoms with Gasteiger partial charge in [-0.05, 0) is 13.3 Å². The second-order valence-electron chi connectivity index (χ2n) is 2.02. The predicted molar refractivity (Wildman–Crippen MR) is 41.9 cm³/mol. The topological polar surface area (TPSA) is 12.0 Å². The molecule has 1 unspecified atom stereocenters. The van der Waals surface area contributed by atoms with E-state index in [1.54, 1.807) is 0 Å². The van der Waals surface area contributed by atoms with E-state index in [4.69, 9.17) is 0 Å². The minimum absolute atomic E-state index is 0.271. The Labute approximate surface area is 64.1 Å². The van der Waals surface area contributed by atoms with Crippen LogP contribution in [-0.2, 0) is 0 Å². The molecule has 0 fully saturated rings. The third-order valence-electron chi connectivity index (χ3n) is 1.13. The number of alkyl halides is 2. The zero-order chi connectivity index (χ0) is 7.11. The van der Waals surface area contributed by atoms with Crippen molar-refractivity contribution in [3.05, 3.63) is 0 Å². The maximum Gasteiger partial charge on any atom is 0.102 e. The normalized spacial score (nSPS) is 13.7.